The molecule has 4 aromatic rings. The van der Waals surface area contributed by atoms with Crippen LogP contribution in [0.4, 0.5) is 5.13 Å². The molecular weight excluding hydrogens is 424 g/mol. The van der Waals surface area contributed by atoms with E-state index in [1.54, 1.807) is 22.7 Å². The molecule has 0 N–H and O–H groups in total. The van der Waals surface area contributed by atoms with E-state index in [1.807, 2.05) is 35.0 Å². The van der Waals surface area contributed by atoms with E-state index >= 15 is 0 Å². The van der Waals surface area contributed by atoms with E-state index in [0.717, 1.165) is 70.5 Å². The van der Waals surface area contributed by atoms with Crippen molar-refractivity contribution in [3.05, 3.63) is 51.6 Å². The Balaban J connectivity index is 1.28. The van der Waals surface area contributed by atoms with Crippen LogP contribution in [0.5, 0.6) is 0 Å². The number of rotatable bonds is 4. The number of nitrogens with zero attached hydrogens (tertiary/aromatic N) is 6. The summed E-state index contributed by atoms with van der Waals surface area (Å²) in [4.78, 5) is 15.2. The van der Waals surface area contributed by atoms with Gasteiger partial charge < -0.3 is 4.90 Å². The Kier molecular flexibility index (Phi) is 5.26. The standard InChI is InChI=1S/C20H21ClN6S2/c1-14-22-17(13-28-14)11-25-7-2-8-26(10-9-25)20-24-27-12-18(23-19(27)29-20)15-3-5-16(21)6-4-15/h3-6,12-13H,2,7-11H2,1H3. The number of fused-ring (bicyclic) bond motifs is 1. The van der Waals surface area contributed by atoms with E-state index in [1.165, 1.54) is 5.69 Å². The highest BCUT2D eigenvalue weighted by Crippen LogP contribution is 2.28. The van der Waals surface area contributed by atoms with Crippen LogP contribution >= 0.6 is 34.3 Å². The fraction of sp³-hybridized carbons (Fsp3) is 0.350. The van der Waals surface area contributed by atoms with Gasteiger partial charge in [-0.2, -0.15) is 0 Å². The van der Waals surface area contributed by atoms with Crippen molar-refractivity contribution in [2.45, 2.75) is 19.9 Å². The van der Waals surface area contributed by atoms with Crippen molar-refractivity contribution < 1.29 is 0 Å². The lowest BCUT2D eigenvalue weighted by Gasteiger charge is -2.20. The van der Waals surface area contributed by atoms with Gasteiger partial charge in [0, 0.05) is 48.7 Å². The summed E-state index contributed by atoms with van der Waals surface area (Å²) in [5.41, 5.74) is 3.16. The molecule has 0 amide bonds. The van der Waals surface area contributed by atoms with Crippen LogP contribution in [0.25, 0.3) is 16.2 Å². The average molecular weight is 445 g/mol. The zero-order valence-electron chi connectivity index (χ0n) is 16.1. The second kappa shape index (κ2) is 8.02. The van der Waals surface area contributed by atoms with Gasteiger partial charge >= 0.3 is 0 Å². The van der Waals surface area contributed by atoms with Crippen LogP contribution in [-0.2, 0) is 6.54 Å². The number of aromatic nitrogens is 4. The molecule has 0 bridgehead atoms. The maximum Gasteiger partial charge on any atom is 0.214 e. The largest absolute Gasteiger partial charge is 0.345 e. The van der Waals surface area contributed by atoms with Crippen LogP contribution in [-0.4, -0.2) is 50.7 Å². The monoisotopic (exact) mass is 444 g/mol. The lowest BCUT2D eigenvalue weighted by Crippen LogP contribution is -2.30. The van der Waals surface area contributed by atoms with Crippen LogP contribution < -0.4 is 4.90 Å². The molecule has 1 fully saturated rings. The molecule has 0 atom stereocenters. The molecule has 3 aromatic heterocycles. The van der Waals surface area contributed by atoms with Crippen LogP contribution in [0.15, 0.2) is 35.8 Å². The summed E-state index contributed by atoms with van der Waals surface area (Å²) < 4.78 is 1.89. The fourth-order valence-corrected chi connectivity index (χ4v) is 5.27. The Bertz CT molecular complexity index is 1080. The molecule has 5 rings (SSSR count). The first-order chi connectivity index (χ1) is 14.1. The predicted molar refractivity (Wildman–Crippen MR) is 120 cm³/mol. The molecule has 9 heteroatoms. The maximum atomic E-state index is 5.99. The zero-order chi connectivity index (χ0) is 19.8. The normalized spacial score (nSPS) is 15.9. The van der Waals surface area contributed by atoms with Crippen molar-refractivity contribution in [1.29, 1.82) is 0 Å². The molecule has 0 radical (unpaired) electrons. The minimum Gasteiger partial charge on any atom is -0.345 e. The highest BCUT2D eigenvalue weighted by Gasteiger charge is 2.20. The molecule has 0 saturated carbocycles. The highest BCUT2D eigenvalue weighted by atomic mass is 35.5. The molecule has 1 aliphatic rings. The van der Waals surface area contributed by atoms with Crippen molar-refractivity contribution in [1.82, 2.24) is 24.5 Å². The number of anilines is 1. The number of imidazole rings is 1. The second-order valence-corrected chi connectivity index (χ2v) is 9.65. The number of hydrogen-bond acceptors (Lipinski definition) is 7. The van der Waals surface area contributed by atoms with Crippen molar-refractivity contribution in [2.75, 3.05) is 31.1 Å². The summed E-state index contributed by atoms with van der Waals surface area (Å²) in [5, 5.41) is 9.88. The van der Waals surface area contributed by atoms with Gasteiger partial charge in [-0.25, -0.2) is 14.5 Å². The lowest BCUT2D eigenvalue weighted by molar-refractivity contribution is 0.282. The summed E-state index contributed by atoms with van der Waals surface area (Å²) in [7, 11) is 0. The lowest BCUT2D eigenvalue weighted by atomic mass is 10.2. The Morgan fingerprint density at radius 1 is 1.07 bits per heavy atom. The first kappa shape index (κ1) is 19.0. The first-order valence-corrected chi connectivity index (χ1v) is 11.7. The SMILES string of the molecule is Cc1nc(CN2CCCN(c3nn4cc(-c5ccc(Cl)cc5)nc4s3)CC2)cs1. The molecular formula is C20H21ClN6S2. The summed E-state index contributed by atoms with van der Waals surface area (Å²) in [6.07, 6.45) is 3.12. The number of benzene rings is 1. The molecule has 0 aliphatic carbocycles. The summed E-state index contributed by atoms with van der Waals surface area (Å²) >= 11 is 9.36. The number of hydrogen-bond donors (Lipinski definition) is 0. The smallest absolute Gasteiger partial charge is 0.214 e. The van der Waals surface area contributed by atoms with Crippen molar-refractivity contribution in [2.24, 2.45) is 0 Å². The Hall–Kier alpha value is -2.00. The topological polar surface area (TPSA) is 49.6 Å². The molecule has 4 heterocycles. The van der Waals surface area contributed by atoms with Gasteiger partial charge in [-0.3, -0.25) is 4.90 Å². The van der Waals surface area contributed by atoms with Crippen LogP contribution in [0, 0.1) is 6.92 Å². The van der Waals surface area contributed by atoms with E-state index in [4.69, 9.17) is 21.7 Å². The molecule has 0 unspecified atom stereocenters. The van der Waals surface area contributed by atoms with Gasteiger partial charge in [0.15, 0.2) is 0 Å². The Morgan fingerprint density at radius 2 is 1.93 bits per heavy atom. The highest BCUT2D eigenvalue weighted by molar-refractivity contribution is 7.20. The molecule has 0 spiro atoms. The molecule has 150 valence electrons. The maximum absolute atomic E-state index is 5.99. The summed E-state index contributed by atoms with van der Waals surface area (Å²) in [6.45, 7) is 7.11. The quantitative estimate of drug-likeness (QED) is 0.460. The van der Waals surface area contributed by atoms with E-state index in [0.29, 0.717) is 0 Å². The first-order valence-electron chi connectivity index (χ1n) is 9.64. The fourth-order valence-electron chi connectivity index (χ4n) is 3.61. The van der Waals surface area contributed by atoms with Crippen LogP contribution in [0.3, 0.4) is 0 Å². The molecule has 1 saturated heterocycles. The van der Waals surface area contributed by atoms with Crippen LogP contribution in [0.2, 0.25) is 5.02 Å². The van der Waals surface area contributed by atoms with Gasteiger partial charge in [-0.15, -0.1) is 16.4 Å². The average Bonchev–Trinajstić information content (AvgIpc) is 3.34. The van der Waals surface area contributed by atoms with Crippen molar-refractivity contribution >= 4 is 44.4 Å². The number of aryl methyl sites for hydroxylation is 1. The third kappa shape index (κ3) is 4.16. The van der Waals surface area contributed by atoms with Gasteiger partial charge in [0.05, 0.1) is 22.6 Å². The van der Waals surface area contributed by atoms with E-state index in [2.05, 4.69) is 27.1 Å². The van der Waals surface area contributed by atoms with E-state index in [-0.39, 0.29) is 0 Å². The molecule has 29 heavy (non-hydrogen) atoms. The van der Waals surface area contributed by atoms with Gasteiger partial charge in [0.1, 0.15) is 0 Å². The predicted octanol–water partition coefficient (Wildman–Crippen LogP) is 4.59. The second-order valence-electron chi connectivity index (χ2n) is 7.22. The minimum atomic E-state index is 0.732. The minimum absolute atomic E-state index is 0.732. The van der Waals surface area contributed by atoms with Gasteiger partial charge in [-0.05, 0) is 25.5 Å². The third-order valence-electron chi connectivity index (χ3n) is 5.08. The van der Waals surface area contributed by atoms with E-state index < -0.39 is 0 Å². The van der Waals surface area contributed by atoms with Gasteiger partial charge in [0.25, 0.3) is 0 Å². The van der Waals surface area contributed by atoms with Gasteiger partial charge in [-0.1, -0.05) is 35.1 Å². The summed E-state index contributed by atoms with van der Waals surface area (Å²) in [6, 6.07) is 7.75. The molecule has 1 aromatic carbocycles. The Labute approximate surface area is 182 Å². The number of halogens is 1. The van der Waals surface area contributed by atoms with Crippen LogP contribution in [0.1, 0.15) is 17.1 Å². The zero-order valence-corrected chi connectivity index (χ0v) is 18.5. The van der Waals surface area contributed by atoms with Crippen molar-refractivity contribution in [3.8, 4) is 11.3 Å². The Morgan fingerprint density at radius 3 is 2.69 bits per heavy atom. The molecule has 6 nitrogen and oxygen atoms in total. The molecule has 1 aliphatic heterocycles. The van der Waals surface area contributed by atoms with E-state index in [9.17, 15) is 0 Å². The van der Waals surface area contributed by atoms with Gasteiger partial charge in [0.2, 0.25) is 10.1 Å². The van der Waals surface area contributed by atoms with Crippen molar-refractivity contribution in [3.63, 3.8) is 0 Å². The summed E-state index contributed by atoms with van der Waals surface area (Å²) in [5.74, 6) is 0. The number of thiazole rings is 1. The third-order valence-corrected chi connectivity index (χ3v) is 7.14.